The van der Waals surface area contributed by atoms with Crippen molar-refractivity contribution in [1.29, 1.82) is 0 Å². The molecule has 0 saturated carbocycles. The van der Waals surface area contributed by atoms with E-state index in [4.69, 9.17) is 0 Å². The highest BCUT2D eigenvalue weighted by Gasteiger charge is 2.14. The second-order valence-corrected chi connectivity index (χ2v) is 6.45. The highest BCUT2D eigenvalue weighted by atomic mass is 16.2. The number of nitrogens with zero attached hydrogens (tertiary/aromatic N) is 2. The molecule has 154 valence electrons. The average Bonchev–Trinajstić information content (AvgIpc) is 2.76. The van der Waals surface area contributed by atoms with Gasteiger partial charge in [-0.05, 0) is 42.3 Å². The topological polar surface area (TPSA) is 44.7 Å². The lowest BCUT2D eigenvalue weighted by molar-refractivity contribution is -0.113. The fourth-order valence-electron chi connectivity index (χ4n) is 2.24. The van der Waals surface area contributed by atoms with E-state index in [0.717, 1.165) is 16.8 Å². The number of para-hydroxylation sites is 1. The van der Waals surface area contributed by atoms with Gasteiger partial charge in [0.2, 0.25) is 0 Å². The second-order valence-electron chi connectivity index (χ2n) is 6.45. The quantitative estimate of drug-likeness (QED) is 0.336. The Bertz CT molecular complexity index is 808. The molecule has 4 nitrogen and oxygen atoms in total. The Kier molecular flexibility index (Phi) is 11.5. The third kappa shape index (κ3) is 9.06. The third-order valence-electron chi connectivity index (χ3n) is 4.03. The molecule has 0 spiro atoms. The van der Waals surface area contributed by atoms with Crippen molar-refractivity contribution in [3.05, 3.63) is 78.0 Å². The number of rotatable bonds is 8. The molecule has 0 atom stereocenters. The highest BCUT2D eigenvalue weighted by Crippen LogP contribution is 2.15. The monoisotopic (exact) mass is 391 g/mol. The van der Waals surface area contributed by atoms with Gasteiger partial charge in [0.15, 0.2) is 0 Å². The van der Waals surface area contributed by atoms with Crippen LogP contribution >= 0.6 is 0 Å². The van der Waals surface area contributed by atoms with Gasteiger partial charge >= 0.3 is 0 Å². The predicted octanol–water partition coefficient (Wildman–Crippen LogP) is 6.10. The Morgan fingerprint density at radius 3 is 2.28 bits per heavy atom. The van der Waals surface area contributed by atoms with Crippen molar-refractivity contribution in [2.45, 2.75) is 33.6 Å². The van der Waals surface area contributed by atoms with Crippen molar-refractivity contribution in [1.82, 2.24) is 4.90 Å². The van der Waals surface area contributed by atoms with Gasteiger partial charge in [0.05, 0.1) is 6.34 Å². The molecule has 0 radical (unpaired) electrons. The first-order valence-electron chi connectivity index (χ1n) is 10.1. The number of carbonyl (C=O) groups is 1. The number of hydrogen-bond acceptors (Lipinski definition) is 2. The summed E-state index contributed by atoms with van der Waals surface area (Å²) in [7, 11) is 1.81. The van der Waals surface area contributed by atoms with E-state index in [1.54, 1.807) is 17.3 Å². The Morgan fingerprint density at radius 1 is 1.03 bits per heavy atom. The third-order valence-corrected chi connectivity index (χ3v) is 4.03. The van der Waals surface area contributed by atoms with E-state index in [9.17, 15) is 4.79 Å². The molecular weight excluding hydrogens is 358 g/mol. The van der Waals surface area contributed by atoms with Crippen LogP contribution in [0.25, 0.3) is 12.2 Å². The summed E-state index contributed by atoms with van der Waals surface area (Å²) in [6.07, 6.45) is 7.92. The molecule has 0 fully saturated rings. The summed E-state index contributed by atoms with van der Waals surface area (Å²) in [5.74, 6) is -0.194. The SMILES string of the molecule is C=Cc1cccc(/C=C(/C(=O)Nc2ccccc2)N(C)C=NCC)c1.CCCC. The minimum absolute atomic E-state index is 0.194. The van der Waals surface area contributed by atoms with Crippen LogP contribution in [0.2, 0.25) is 0 Å². The number of nitrogens with one attached hydrogen (secondary N) is 1. The first kappa shape index (κ1) is 23.9. The lowest BCUT2D eigenvalue weighted by atomic mass is 10.1. The lowest BCUT2D eigenvalue weighted by Crippen LogP contribution is -2.27. The fourth-order valence-corrected chi connectivity index (χ4v) is 2.24. The number of carbonyl (C=O) groups excluding carboxylic acids is 1. The van der Waals surface area contributed by atoms with Crippen LogP contribution in [0.5, 0.6) is 0 Å². The summed E-state index contributed by atoms with van der Waals surface area (Å²) in [6.45, 7) is 10.8. The molecule has 0 heterocycles. The van der Waals surface area contributed by atoms with Crippen LogP contribution in [0.4, 0.5) is 5.69 Å². The minimum atomic E-state index is -0.194. The fraction of sp³-hybridized carbons (Fsp3) is 0.280. The number of hydrogen-bond donors (Lipinski definition) is 1. The molecule has 0 unspecified atom stereocenters. The first-order valence-corrected chi connectivity index (χ1v) is 10.1. The van der Waals surface area contributed by atoms with E-state index in [1.165, 1.54) is 12.8 Å². The van der Waals surface area contributed by atoms with Crippen LogP contribution in [0.3, 0.4) is 0 Å². The number of unbranched alkanes of at least 4 members (excludes halogenated alkanes) is 1. The largest absolute Gasteiger partial charge is 0.331 e. The first-order chi connectivity index (χ1) is 14.0. The number of aliphatic imine (C=N–C) groups is 1. The van der Waals surface area contributed by atoms with Gasteiger partial charge in [-0.2, -0.15) is 0 Å². The molecule has 29 heavy (non-hydrogen) atoms. The van der Waals surface area contributed by atoms with Gasteiger partial charge < -0.3 is 10.2 Å². The maximum atomic E-state index is 12.8. The maximum absolute atomic E-state index is 12.8. The van der Waals surface area contributed by atoms with Crippen molar-refractivity contribution >= 4 is 30.1 Å². The molecule has 0 aliphatic heterocycles. The molecule has 1 N–H and O–H groups in total. The van der Waals surface area contributed by atoms with Crippen molar-refractivity contribution in [3.8, 4) is 0 Å². The Hall–Kier alpha value is -3.14. The number of amides is 1. The smallest absolute Gasteiger partial charge is 0.272 e. The van der Waals surface area contributed by atoms with Gasteiger partial charge in [-0.25, -0.2) is 0 Å². The molecule has 4 heteroatoms. The van der Waals surface area contributed by atoms with E-state index in [1.807, 2.05) is 74.6 Å². The van der Waals surface area contributed by atoms with Crippen LogP contribution in [-0.4, -0.2) is 30.7 Å². The zero-order valence-electron chi connectivity index (χ0n) is 18.1. The summed E-state index contributed by atoms with van der Waals surface area (Å²) in [6, 6.07) is 17.2. The van der Waals surface area contributed by atoms with Gasteiger partial charge in [0, 0.05) is 19.3 Å². The number of likely N-dealkylation sites (N-methyl/N-ethyl adjacent to an activating group) is 1. The zero-order valence-corrected chi connectivity index (χ0v) is 18.1. The summed E-state index contributed by atoms with van der Waals surface area (Å²) in [5, 5.41) is 2.92. The van der Waals surface area contributed by atoms with Gasteiger partial charge in [-0.15, -0.1) is 0 Å². The van der Waals surface area contributed by atoms with Crippen molar-refractivity contribution < 1.29 is 4.79 Å². The number of anilines is 1. The molecular formula is C25H33N3O. The van der Waals surface area contributed by atoms with Crippen molar-refractivity contribution in [2.75, 3.05) is 18.9 Å². The molecule has 0 bridgehead atoms. The van der Waals surface area contributed by atoms with E-state index in [0.29, 0.717) is 12.2 Å². The van der Waals surface area contributed by atoms with E-state index in [-0.39, 0.29) is 5.91 Å². The molecule has 0 aromatic heterocycles. The molecule has 0 aliphatic rings. The van der Waals surface area contributed by atoms with Gasteiger partial charge in [0.1, 0.15) is 5.70 Å². The Labute approximate surface area is 175 Å². The van der Waals surface area contributed by atoms with Crippen LogP contribution < -0.4 is 5.32 Å². The van der Waals surface area contributed by atoms with Gasteiger partial charge in [0.25, 0.3) is 5.91 Å². The average molecular weight is 392 g/mol. The molecule has 2 rings (SSSR count). The van der Waals surface area contributed by atoms with E-state index in [2.05, 4.69) is 30.7 Å². The van der Waals surface area contributed by atoms with Crippen molar-refractivity contribution in [2.24, 2.45) is 4.99 Å². The lowest BCUT2D eigenvalue weighted by Gasteiger charge is -2.17. The normalized spacial score (nSPS) is 10.8. The van der Waals surface area contributed by atoms with Gasteiger partial charge in [-0.1, -0.05) is 75.7 Å². The molecule has 1 amide bonds. The number of benzene rings is 2. The summed E-state index contributed by atoms with van der Waals surface area (Å²) in [4.78, 5) is 18.7. The molecule has 0 saturated heterocycles. The summed E-state index contributed by atoms with van der Waals surface area (Å²) >= 11 is 0. The highest BCUT2D eigenvalue weighted by molar-refractivity contribution is 6.07. The van der Waals surface area contributed by atoms with Crippen molar-refractivity contribution in [3.63, 3.8) is 0 Å². The summed E-state index contributed by atoms with van der Waals surface area (Å²) < 4.78 is 0. The molecule has 0 aliphatic carbocycles. The second kappa shape index (κ2) is 13.9. The maximum Gasteiger partial charge on any atom is 0.272 e. The predicted molar refractivity (Wildman–Crippen MR) is 127 cm³/mol. The van der Waals surface area contributed by atoms with Crippen LogP contribution in [0, 0.1) is 0 Å². The summed E-state index contributed by atoms with van der Waals surface area (Å²) in [5.41, 5.74) is 3.18. The van der Waals surface area contributed by atoms with Crippen LogP contribution in [0.15, 0.2) is 71.9 Å². The zero-order chi connectivity index (χ0) is 21.5. The molecule has 2 aromatic rings. The van der Waals surface area contributed by atoms with E-state index < -0.39 is 0 Å². The Balaban J connectivity index is 0.000000960. The van der Waals surface area contributed by atoms with Gasteiger partial charge in [-0.3, -0.25) is 9.79 Å². The minimum Gasteiger partial charge on any atom is -0.331 e. The van der Waals surface area contributed by atoms with Crippen LogP contribution in [-0.2, 0) is 4.79 Å². The van der Waals surface area contributed by atoms with Crippen LogP contribution in [0.1, 0.15) is 44.7 Å². The molecule has 2 aromatic carbocycles. The van der Waals surface area contributed by atoms with E-state index >= 15 is 0 Å². The standard InChI is InChI=1S/C21H23N3O.C4H10/c1-4-17-10-9-11-18(14-17)15-20(24(3)16-22-5-2)21(25)23-19-12-7-6-8-13-19;1-3-4-2/h4,6-16H,1,5H2,2-3H3,(H,23,25);3-4H2,1-2H3/b20-15-,22-16?;. The Morgan fingerprint density at radius 2 is 1.69 bits per heavy atom.